The van der Waals surface area contributed by atoms with E-state index >= 15 is 28.8 Å². The summed E-state index contributed by atoms with van der Waals surface area (Å²) in [7, 11) is 0. The summed E-state index contributed by atoms with van der Waals surface area (Å²) in [4.78, 5) is 123. The number of hydrogen-bond acceptors (Lipinski definition) is 21. The van der Waals surface area contributed by atoms with E-state index in [4.69, 9.17) is 48.9 Å². The van der Waals surface area contributed by atoms with Gasteiger partial charge in [0.25, 0.3) is 0 Å². The molecular formula is C85H123Cl2N7O19. The molecular weight excluding hydrogens is 1490 g/mol. The van der Waals surface area contributed by atoms with Crippen molar-refractivity contribution in [3.8, 4) is 17.2 Å². The van der Waals surface area contributed by atoms with Gasteiger partial charge in [-0.05, 0) is 174 Å². The molecule has 26 nitrogen and oxygen atoms in total. The van der Waals surface area contributed by atoms with Crippen molar-refractivity contribution in [3.63, 3.8) is 0 Å². The van der Waals surface area contributed by atoms with Crippen LogP contribution in [-0.4, -0.2) is 192 Å². The van der Waals surface area contributed by atoms with Crippen LogP contribution in [0.3, 0.4) is 0 Å². The number of aliphatic hydroxyl groups excluding tert-OH is 8. The highest BCUT2D eigenvalue weighted by Crippen LogP contribution is 2.58. The Bertz CT molecular complexity index is 3710. The molecule has 0 radical (unpaired) electrons. The first-order chi connectivity index (χ1) is 54.0. The van der Waals surface area contributed by atoms with Crippen molar-refractivity contribution in [2.24, 2.45) is 100 Å². The summed E-state index contributed by atoms with van der Waals surface area (Å²) in [5.74, 6) is -16.2. The number of ether oxygens (including phenoxy) is 3. The van der Waals surface area contributed by atoms with E-state index in [9.17, 15) is 50.4 Å². The molecule has 2 unspecified atom stereocenters. The maximum absolute atomic E-state index is 16.6. The van der Waals surface area contributed by atoms with Gasteiger partial charge in [0.15, 0.2) is 28.8 Å². The highest BCUT2D eigenvalue weighted by molar-refractivity contribution is 6.30. The number of aliphatic hydroxyl groups is 8. The number of carbonyl (C=O) groups excluding carboxylic acids is 8. The number of amides is 5. The van der Waals surface area contributed by atoms with Gasteiger partial charge >= 0.3 is 0 Å². The monoisotopic (exact) mass is 1620 g/mol. The third-order valence-electron chi connectivity index (χ3n) is 27.3. The van der Waals surface area contributed by atoms with Crippen molar-refractivity contribution in [1.29, 1.82) is 0 Å². The van der Waals surface area contributed by atoms with Crippen LogP contribution in [0, 0.1) is 88.8 Å². The minimum atomic E-state index is -1.97. The number of rotatable bonds is 24. The minimum Gasteiger partial charge on any atom is -0.512 e. The average Bonchev–Trinajstić information content (AvgIpc) is 0.754. The molecule has 28 heteroatoms. The van der Waals surface area contributed by atoms with E-state index in [2.05, 4.69) is 33.5 Å². The highest BCUT2D eigenvalue weighted by atomic mass is 35.5. The van der Waals surface area contributed by atoms with E-state index in [0.717, 1.165) is 64.2 Å². The molecule has 24 atom stereocenters. The summed E-state index contributed by atoms with van der Waals surface area (Å²) in [6.07, 6.45) is 2.55. The molecule has 1 aromatic carbocycles. The molecule has 5 amide bonds. The smallest absolute Gasteiger partial charge is 0.245 e. The lowest BCUT2D eigenvalue weighted by atomic mass is 9.51. The molecule has 17 N–H and O–H groups in total. The number of hydrogen-bond donors (Lipinski definition) is 15. The Morgan fingerprint density at radius 1 is 0.699 bits per heavy atom. The highest BCUT2D eigenvalue weighted by Gasteiger charge is 2.55. The standard InChI is InChI=1S/C85H123Cl2N7O19/c1-5-7-8-9-10-11-12-13-20-90-39-56-60(96)37-55-70(78(56)104)54-27-44(14-17-59(54)95)53-36-62(98)71-49-31-67(111-64-18-15-45(28-57(64)86)75(101)73(93-82(107)43(6-2)21-40(3)4)61(97)30-50(34-69(89)100)83(108)91-71)81(113-66-33-51(38-88)77(103)80(106)79(66)105)68(32-49)112-65-19-16-46(29-58(65)87)76(102)74(94-84(53)109)85(110)92-72(55)63(99)35-52-47-23-41-22-42(25-47)26-48(52)24-41/h15,18,27,29,31-32,40-48,50-53,55,57,59,64-66,70-80,90,95-96,101-106H,5-14,16-17,19-26,28,30,33-39,88H2,1-4H3,(H2,89,100)(H,91,108)(H,92,110)(H,93,107)(H,94,109)/t41?,42?,43-,44+,45+,46+,47?,48?,50+,51-,52?,53-,55?,57-,59-,64-,65-,66-,70?,71-,72+,73+,74+,75-,76-,77-,78+,79+,80+/m1/s1. The number of alkyl halides is 1. The quantitative estimate of drug-likeness (QED) is 0.0300. The Morgan fingerprint density at radius 2 is 1.38 bits per heavy atom. The van der Waals surface area contributed by atoms with Gasteiger partial charge < -0.3 is 93.1 Å². The molecule has 0 aromatic heterocycles. The number of benzene rings is 1. The van der Waals surface area contributed by atoms with E-state index in [1.807, 2.05) is 20.8 Å². The van der Waals surface area contributed by atoms with Crippen molar-refractivity contribution < 1.29 is 93.4 Å². The lowest BCUT2D eigenvalue weighted by Crippen LogP contribution is -2.62. The average molecular weight is 1620 g/mol. The van der Waals surface area contributed by atoms with E-state index in [-0.39, 0.29) is 139 Å². The fourth-order valence-electron chi connectivity index (χ4n) is 21.3. The van der Waals surface area contributed by atoms with Gasteiger partial charge in [-0.25, -0.2) is 0 Å². The van der Waals surface area contributed by atoms with Gasteiger partial charge in [-0.3, -0.25) is 38.4 Å². The van der Waals surface area contributed by atoms with Crippen molar-refractivity contribution in [3.05, 3.63) is 63.9 Å². The van der Waals surface area contributed by atoms with E-state index in [1.54, 1.807) is 12.2 Å². The number of unbranched alkanes of at least 4 members (excludes halogenated alkanes) is 7. The fraction of sp³-hybridized carbons (Fsp3) is 0.741. The molecule has 113 heavy (non-hydrogen) atoms. The molecule has 9 aliphatic carbocycles. The summed E-state index contributed by atoms with van der Waals surface area (Å²) in [5, 5.41) is 112. The Balaban J connectivity index is 1.00. The van der Waals surface area contributed by atoms with Crippen molar-refractivity contribution in [2.45, 2.75) is 285 Å². The maximum Gasteiger partial charge on any atom is 0.245 e. The van der Waals surface area contributed by atoms with Crippen molar-refractivity contribution in [1.82, 2.24) is 26.6 Å². The lowest BCUT2D eigenvalue weighted by molar-refractivity contribution is -0.149. The molecule has 0 saturated heterocycles. The number of fused-ring (bicyclic) bond motifs is 12. The van der Waals surface area contributed by atoms with Crippen LogP contribution in [0.25, 0.3) is 0 Å². The van der Waals surface area contributed by atoms with Gasteiger partial charge in [0.1, 0.15) is 48.6 Å². The van der Waals surface area contributed by atoms with Crippen LogP contribution in [-0.2, 0) is 38.4 Å². The molecule has 1 aromatic rings. The first-order valence-electron chi connectivity index (χ1n) is 42.3. The second kappa shape index (κ2) is 38.1. The number of ketones is 3. The number of nitrogens with one attached hydrogen (secondary N) is 5. The molecule has 15 bridgehead atoms. The van der Waals surface area contributed by atoms with Gasteiger partial charge in [-0.2, -0.15) is 0 Å². The number of carbonyl (C=O) groups is 8. The summed E-state index contributed by atoms with van der Waals surface area (Å²) in [6, 6.07) is -4.37. The molecule has 5 aliphatic heterocycles. The minimum absolute atomic E-state index is 0.00478. The van der Waals surface area contributed by atoms with Gasteiger partial charge in [-0.1, -0.05) is 102 Å². The van der Waals surface area contributed by atoms with Gasteiger partial charge in [0.2, 0.25) is 35.3 Å². The largest absolute Gasteiger partial charge is 0.512 e. The number of primary amides is 1. The zero-order valence-corrected chi connectivity index (χ0v) is 67.3. The molecule has 626 valence electrons. The number of allylic oxidation sites excluding steroid dienone is 2. The first kappa shape index (κ1) is 86.3. The van der Waals surface area contributed by atoms with Crippen molar-refractivity contribution in [2.75, 3.05) is 19.6 Å². The SMILES string of the molecule is CCCCCCCCCCNCC1=C(O)CC2C(C3=C[C@H](CC[C@H]3O)[C@H]3CC(=O)[C@@H]4NC(=O)[C@H](CC(N)=O)CC(=O)[C@H](NC(=O)[C@H](CC)CC(C)C)[C@H](O)[C@H]5C=C[C@@H](Oc6cc4cc(c6O[C@@H]4C[C@H](CN)[C@@H](O)[C@H](O)[C@H]4O)O[C@@H]4CC[C@@H](C=C4Cl)[C@@H](O)[C@H](NC3=O)C(=O)N[C@@H]2C(=O)CC2C3CC4CC(C3)CC2C4)[C@H](Cl)C5)[C@H]1O. The third kappa shape index (κ3) is 19.7. The van der Waals surface area contributed by atoms with Gasteiger partial charge in [-0.15, -0.1) is 11.6 Å². The molecule has 5 heterocycles. The van der Waals surface area contributed by atoms with Crippen molar-refractivity contribution >= 4 is 70.1 Å². The van der Waals surface area contributed by atoms with Crippen LogP contribution >= 0.6 is 23.2 Å². The lowest BCUT2D eigenvalue weighted by Gasteiger charge is -2.54. The third-order valence-corrected chi connectivity index (χ3v) is 28.1. The predicted molar refractivity (Wildman–Crippen MR) is 420 cm³/mol. The summed E-state index contributed by atoms with van der Waals surface area (Å²) < 4.78 is 20.7. The van der Waals surface area contributed by atoms with E-state index in [0.29, 0.717) is 31.2 Å². The van der Waals surface area contributed by atoms with Crippen LogP contribution in [0.2, 0.25) is 0 Å². The Kier molecular flexibility index (Phi) is 29.1. The maximum atomic E-state index is 16.6. The number of nitrogens with two attached hydrogens (primary N) is 2. The summed E-state index contributed by atoms with van der Waals surface area (Å²) >= 11 is 14.7. The fourth-order valence-corrected chi connectivity index (χ4v) is 21.9. The normalized spacial score (nSPS) is 38.2. The number of halogens is 2. The molecule has 5 saturated carbocycles. The summed E-state index contributed by atoms with van der Waals surface area (Å²) in [6.45, 7) is 8.29. The van der Waals surface area contributed by atoms with Crippen LogP contribution < -0.4 is 52.3 Å². The Labute approximate surface area is 672 Å². The predicted octanol–water partition coefficient (Wildman–Crippen LogP) is 6.45. The van der Waals surface area contributed by atoms with Crippen LogP contribution in [0.15, 0.2) is 58.4 Å². The van der Waals surface area contributed by atoms with Gasteiger partial charge in [0.05, 0.1) is 64.6 Å². The zero-order valence-electron chi connectivity index (χ0n) is 65.8. The van der Waals surface area contributed by atoms with E-state index < -0.39 is 204 Å². The molecule has 0 spiro atoms. The zero-order chi connectivity index (χ0) is 81.0. The summed E-state index contributed by atoms with van der Waals surface area (Å²) in [5.41, 5.74) is 12.4. The topological polar surface area (TPSA) is 438 Å². The number of Topliss-reactive ketones (excluding diaryl/α,β-unsaturated/α-hetero) is 3. The second-order valence-corrected chi connectivity index (χ2v) is 36.6. The Morgan fingerprint density at radius 3 is 2.04 bits per heavy atom. The van der Waals surface area contributed by atoms with E-state index in [1.165, 1.54) is 43.5 Å². The van der Waals surface area contributed by atoms with Gasteiger partial charge in [0, 0.05) is 79.7 Å². The first-order valence-corrected chi connectivity index (χ1v) is 43.1. The van der Waals surface area contributed by atoms with Crippen LogP contribution in [0.5, 0.6) is 17.2 Å². The van der Waals surface area contributed by atoms with Crippen LogP contribution in [0.4, 0.5) is 0 Å². The Hall–Kier alpha value is -6.04. The molecule has 15 rings (SSSR count). The molecule has 5 fully saturated rings. The molecule has 14 aliphatic rings. The second-order valence-electron chi connectivity index (χ2n) is 35.6. The van der Waals surface area contributed by atoms with Crippen LogP contribution in [0.1, 0.15) is 206 Å².